The van der Waals surface area contributed by atoms with Gasteiger partial charge in [0.05, 0.1) is 17.9 Å². The fourth-order valence-electron chi connectivity index (χ4n) is 1.41. The molecule has 0 N–H and O–H groups in total. The van der Waals surface area contributed by atoms with Gasteiger partial charge in [-0.1, -0.05) is 35.3 Å². The van der Waals surface area contributed by atoms with E-state index in [0.717, 1.165) is 0 Å². The molecule has 0 aliphatic carbocycles. The second kappa shape index (κ2) is 5.38. The van der Waals surface area contributed by atoms with Crippen LogP contribution in [0.15, 0.2) is 33.8 Å². The molecule has 3 nitrogen and oxygen atoms in total. The van der Waals surface area contributed by atoms with Crippen LogP contribution in [-0.4, -0.2) is 9.55 Å². The zero-order valence-electron chi connectivity index (χ0n) is 8.83. The van der Waals surface area contributed by atoms with Crippen LogP contribution < -0.4 is 5.56 Å². The molecule has 1 aromatic heterocycles. The lowest BCUT2D eigenvalue weighted by Gasteiger charge is -2.08. The van der Waals surface area contributed by atoms with Crippen LogP contribution >= 0.6 is 39.1 Å². The van der Waals surface area contributed by atoms with E-state index in [9.17, 15) is 9.18 Å². The lowest BCUT2D eigenvalue weighted by atomic mass is 10.2. The Labute approximate surface area is 120 Å². The summed E-state index contributed by atoms with van der Waals surface area (Å²) in [5.74, 6) is -0.525. The number of hydrogen-bond acceptors (Lipinski definition) is 2. The Hall–Kier alpha value is -0.910. The van der Waals surface area contributed by atoms with E-state index in [4.69, 9.17) is 23.2 Å². The lowest BCUT2D eigenvalue weighted by Crippen LogP contribution is -2.22. The number of rotatable bonds is 2. The molecule has 7 heteroatoms. The molecule has 1 aromatic carbocycles. The van der Waals surface area contributed by atoms with Crippen molar-refractivity contribution in [2.24, 2.45) is 0 Å². The Bertz CT molecular complexity index is 660. The summed E-state index contributed by atoms with van der Waals surface area (Å²) in [6.07, 6.45) is 1.29. The van der Waals surface area contributed by atoms with Gasteiger partial charge >= 0.3 is 0 Å². The Morgan fingerprint density at radius 3 is 2.83 bits per heavy atom. The van der Waals surface area contributed by atoms with E-state index in [2.05, 4.69) is 20.9 Å². The van der Waals surface area contributed by atoms with E-state index in [0.29, 0.717) is 5.56 Å². The van der Waals surface area contributed by atoms with Gasteiger partial charge in [-0.2, -0.15) is 0 Å². The molecule has 0 unspecified atom stereocenters. The third-order valence-corrected chi connectivity index (χ3v) is 3.97. The van der Waals surface area contributed by atoms with Crippen LogP contribution in [0, 0.1) is 5.82 Å². The summed E-state index contributed by atoms with van der Waals surface area (Å²) in [5.41, 5.74) is 0.144. The normalized spacial score (nSPS) is 10.7. The topological polar surface area (TPSA) is 34.9 Å². The van der Waals surface area contributed by atoms with E-state index in [-0.39, 0.29) is 26.8 Å². The monoisotopic (exact) mass is 350 g/mol. The first-order valence-electron chi connectivity index (χ1n) is 4.84. The van der Waals surface area contributed by atoms with Gasteiger partial charge in [0.1, 0.15) is 10.3 Å². The minimum absolute atomic E-state index is 0.00419. The summed E-state index contributed by atoms with van der Waals surface area (Å²) in [6, 6.07) is 4.42. The Morgan fingerprint density at radius 1 is 1.39 bits per heavy atom. The number of hydrogen-bond donors (Lipinski definition) is 0. The van der Waals surface area contributed by atoms with Crippen LogP contribution in [0.3, 0.4) is 0 Å². The fourth-order valence-corrected chi connectivity index (χ4v) is 2.05. The molecule has 0 atom stereocenters. The number of benzene rings is 1. The van der Waals surface area contributed by atoms with E-state index >= 15 is 0 Å². The maximum atomic E-state index is 13.3. The zero-order chi connectivity index (χ0) is 13.3. The Kier molecular flexibility index (Phi) is 4.04. The minimum atomic E-state index is -0.525. The molecule has 0 spiro atoms. The van der Waals surface area contributed by atoms with Crippen molar-refractivity contribution in [3.63, 3.8) is 0 Å². The van der Waals surface area contributed by atoms with Gasteiger partial charge in [-0.15, -0.1) is 0 Å². The van der Waals surface area contributed by atoms with Crippen molar-refractivity contribution in [1.29, 1.82) is 0 Å². The molecule has 94 valence electrons. The SMILES string of the molecule is O=c1c(Br)c(Cl)ncn1Cc1cccc(F)c1Cl. The first kappa shape index (κ1) is 13.5. The highest BCUT2D eigenvalue weighted by molar-refractivity contribution is 9.10. The Balaban J connectivity index is 2.44. The van der Waals surface area contributed by atoms with E-state index in [1.165, 1.54) is 23.0 Å². The van der Waals surface area contributed by atoms with Gasteiger partial charge in [0.15, 0.2) is 5.15 Å². The van der Waals surface area contributed by atoms with E-state index < -0.39 is 5.82 Å². The van der Waals surface area contributed by atoms with Gasteiger partial charge in [0, 0.05) is 0 Å². The fraction of sp³-hybridized carbons (Fsp3) is 0.0909. The minimum Gasteiger partial charge on any atom is -0.294 e. The quantitative estimate of drug-likeness (QED) is 0.776. The summed E-state index contributed by atoms with van der Waals surface area (Å²) in [7, 11) is 0. The third-order valence-electron chi connectivity index (χ3n) is 2.31. The van der Waals surface area contributed by atoms with Crippen molar-refractivity contribution >= 4 is 39.1 Å². The second-order valence-corrected chi connectivity index (χ2v) is 5.02. The zero-order valence-corrected chi connectivity index (χ0v) is 11.9. The molecule has 0 amide bonds. The van der Waals surface area contributed by atoms with Crippen LogP contribution in [0.2, 0.25) is 10.2 Å². The molecular weight excluding hydrogens is 346 g/mol. The van der Waals surface area contributed by atoms with Crippen LogP contribution in [-0.2, 0) is 6.54 Å². The lowest BCUT2D eigenvalue weighted by molar-refractivity contribution is 0.622. The predicted molar refractivity (Wildman–Crippen MR) is 71.7 cm³/mol. The molecule has 0 aliphatic heterocycles. The van der Waals surface area contributed by atoms with Gasteiger partial charge in [-0.25, -0.2) is 9.37 Å². The van der Waals surface area contributed by atoms with Crippen molar-refractivity contribution in [3.8, 4) is 0 Å². The first-order chi connectivity index (χ1) is 8.50. The summed E-state index contributed by atoms with van der Waals surface area (Å²) in [6.45, 7) is 0.123. The molecule has 0 radical (unpaired) electrons. The number of aromatic nitrogens is 2. The third kappa shape index (κ3) is 2.58. The molecule has 0 saturated heterocycles. The van der Waals surface area contributed by atoms with Crippen molar-refractivity contribution in [1.82, 2.24) is 9.55 Å². The molecule has 0 fully saturated rings. The molecule has 2 aromatic rings. The van der Waals surface area contributed by atoms with E-state index in [1.54, 1.807) is 6.07 Å². The summed E-state index contributed by atoms with van der Waals surface area (Å²) in [5, 5.41) is 0.0806. The number of nitrogens with zero attached hydrogens (tertiary/aromatic N) is 2. The smallest absolute Gasteiger partial charge is 0.269 e. The van der Waals surface area contributed by atoms with Crippen LogP contribution in [0.1, 0.15) is 5.56 Å². The molecule has 0 aliphatic rings. The Morgan fingerprint density at radius 2 is 2.11 bits per heavy atom. The summed E-state index contributed by atoms with van der Waals surface area (Å²) in [4.78, 5) is 15.7. The average molecular weight is 352 g/mol. The van der Waals surface area contributed by atoms with Gasteiger partial charge in [0.25, 0.3) is 5.56 Å². The predicted octanol–water partition coefficient (Wildman–Crippen LogP) is 3.50. The van der Waals surface area contributed by atoms with Gasteiger partial charge in [0.2, 0.25) is 0 Å². The molecule has 2 rings (SSSR count). The van der Waals surface area contributed by atoms with Crippen LogP contribution in [0.5, 0.6) is 0 Å². The number of halogens is 4. The van der Waals surface area contributed by atoms with Gasteiger partial charge in [-0.05, 0) is 27.6 Å². The summed E-state index contributed by atoms with van der Waals surface area (Å²) < 4.78 is 14.7. The first-order valence-corrected chi connectivity index (χ1v) is 6.39. The average Bonchev–Trinajstić information content (AvgIpc) is 2.35. The highest BCUT2D eigenvalue weighted by atomic mass is 79.9. The molecule has 1 heterocycles. The second-order valence-electron chi connectivity index (χ2n) is 3.50. The van der Waals surface area contributed by atoms with Crippen LogP contribution in [0.4, 0.5) is 4.39 Å². The highest BCUT2D eigenvalue weighted by Gasteiger charge is 2.10. The van der Waals surface area contributed by atoms with Gasteiger partial charge < -0.3 is 0 Å². The molecule has 0 saturated carbocycles. The van der Waals surface area contributed by atoms with Crippen molar-refractivity contribution in [2.45, 2.75) is 6.54 Å². The van der Waals surface area contributed by atoms with Crippen molar-refractivity contribution in [2.75, 3.05) is 0 Å². The van der Waals surface area contributed by atoms with Gasteiger partial charge in [-0.3, -0.25) is 9.36 Å². The maximum Gasteiger partial charge on any atom is 0.269 e. The highest BCUT2D eigenvalue weighted by Crippen LogP contribution is 2.20. The molecule has 0 bridgehead atoms. The maximum absolute atomic E-state index is 13.3. The summed E-state index contributed by atoms with van der Waals surface area (Å²) >= 11 is 14.5. The van der Waals surface area contributed by atoms with E-state index in [1.807, 2.05) is 0 Å². The van der Waals surface area contributed by atoms with Crippen LogP contribution in [0.25, 0.3) is 0 Å². The van der Waals surface area contributed by atoms with Crippen molar-refractivity contribution in [3.05, 3.63) is 60.9 Å². The molecule has 18 heavy (non-hydrogen) atoms. The largest absolute Gasteiger partial charge is 0.294 e. The molecular formula is C11H6BrCl2FN2O. The van der Waals surface area contributed by atoms with Crippen molar-refractivity contribution < 1.29 is 4.39 Å². The standard InChI is InChI=1S/C11H6BrCl2FN2O/c12-8-10(14)16-5-17(11(8)18)4-6-2-1-3-7(15)9(6)13/h1-3,5H,4H2.